The average Bonchev–Trinajstić information content (AvgIpc) is 3.25. The molecule has 0 saturated carbocycles. The number of para-hydroxylation sites is 1. The SMILES string of the molecule is O=C1C(=C2SC(=S)N(c3ccc(F)cc3)C2=O)c2ccccc2N1CCc1ccccc1. The number of amides is 2. The number of halogens is 1. The first-order chi connectivity index (χ1) is 15.5. The number of nitrogens with zero attached hydrogens (tertiary/aromatic N) is 2. The Kier molecular flexibility index (Phi) is 5.36. The van der Waals surface area contributed by atoms with Crippen LogP contribution in [0.2, 0.25) is 0 Å². The number of fused-ring (bicyclic) bond motifs is 1. The van der Waals surface area contributed by atoms with Crippen molar-refractivity contribution in [3.05, 3.63) is 101 Å². The highest BCUT2D eigenvalue weighted by Gasteiger charge is 2.42. The quantitative estimate of drug-likeness (QED) is 0.397. The number of thioether (sulfide) groups is 1. The molecule has 4 nitrogen and oxygen atoms in total. The van der Waals surface area contributed by atoms with Crippen LogP contribution in [0.1, 0.15) is 11.1 Å². The number of benzene rings is 3. The first-order valence-electron chi connectivity index (χ1n) is 10.1. The van der Waals surface area contributed by atoms with E-state index >= 15 is 0 Å². The molecule has 0 N–H and O–H groups in total. The van der Waals surface area contributed by atoms with E-state index < -0.39 is 5.82 Å². The number of hydrogen-bond acceptors (Lipinski definition) is 4. The fourth-order valence-corrected chi connectivity index (χ4v) is 5.31. The summed E-state index contributed by atoms with van der Waals surface area (Å²) in [5.74, 6) is -0.970. The van der Waals surface area contributed by atoms with Crippen LogP contribution in [0.5, 0.6) is 0 Å². The second-order valence-electron chi connectivity index (χ2n) is 7.40. The van der Waals surface area contributed by atoms with Crippen LogP contribution in [0.25, 0.3) is 5.57 Å². The second-order valence-corrected chi connectivity index (χ2v) is 9.04. The van der Waals surface area contributed by atoms with Crippen LogP contribution in [0.15, 0.2) is 83.8 Å². The number of anilines is 2. The molecule has 1 saturated heterocycles. The summed E-state index contributed by atoms with van der Waals surface area (Å²) in [5.41, 5.74) is 3.49. The lowest BCUT2D eigenvalue weighted by Gasteiger charge is -2.17. The normalized spacial score (nSPS) is 18.0. The first kappa shape index (κ1) is 20.6. The fourth-order valence-electron chi connectivity index (χ4n) is 3.94. The minimum atomic E-state index is -0.397. The molecule has 158 valence electrons. The number of hydrogen-bond donors (Lipinski definition) is 0. The summed E-state index contributed by atoms with van der Waals surface area (Å²) in [5, 5.41) is 0. The summed E-state index contributed by atoms with van der Waals surface area (Å²) < 4.78 is 13.7. The van der Waals surface area contributed by atoms with Crippen LogP contribution in [0, 0.1) is 5.82 Å². The molecule has 0 bridgehead atoms. The van der Waals surface area contributed by atoms with Crippen molar-refractivity contribution in [2.45, 2.75) is 6.42 Å². The van der Waals surface area contributed by atoms with Crippen molar-refractivity contribution in [1.29, 1.82) is 0 Å². The Hall–Kier alpha value is -3.29. The zero-order valence-corrected chi connectivity index (χ0v) is 18.5. The lowest BCUT2D eigenvalue weighted by molar-refractivity contribution is -0.115. The molecule has 2 amide bonds. The third kappa shape index (κ3) is 3.53. The molecule has 1 fully saturated rings. The van der Waals surface area contributed by atoms with E-state index in [1.54, 1.807) is 4.90 Å². The van der Waals surface area contributed by atoms with E-state index in [4.69, 9.17) is 12.2 Å². The molecular weight excluding hydrogens is 443 g/mol. The number of carbonyl (C=O) groups is 2. The van der Waals surface area contributed by atoms with Crippen molar-refractivity contribution < 1.29 is 14.0 Å². The second kappa shape index (κ2) is 8.33. The summed E-state index contributed by atoms with van der Waals surface area (Å²) in [6.07, 6.45) is 0.699. The summed E-state index contributed by atoms with van der Waals surface area (Å²) in [4.78, 5) is 30.2. The minimum Gasteiger partial charge on any atom is -0.307 e. The van der Waals surface area contributed by atoms with Gasteiger partial charge in [0.05, 0.1) is 21.9 Å². The molecule has 0 aliphatic carbocycles. The molecule has 7 heteroatoms. The van der Waals surface area contributed by atoms with Gasteiger partial charge in [0, 0.05) is 12.1 Å². The van der Waals surface area contributed by atoms with E-state index in [9.17, 15) is 14.0 Å². The van der Waals surface area contributed by atoms with Crippen LogP contribution in [-0.4, -0.2) is 22.7 Å². The Morgan fingerprint density at radius 1 is 0.844 bits per heavy atom. The van der Waals surface area contributed by atoms with Crippen LogP contribution in [0.4, 0.5) is 15.8 Å². The molecule has 3 aromatic carbocycles. The predicted octanol–water partition coefficient (Wildman–Crippen LogP) is 5.19. The van der Waals surface area contributed by atoms with E-state index in [1.807, 2.05) is 54.6 Å². The van der Waals surface area contributed by atoms with Crippen molar-refractivity contribution in [3.8, 4) is 0 Å². The fraction of sp³-hybridized carbons (Fsp3) is 0.0800. The Morgan fingerprint density at radius 3 is 2.28 bits per heavy atom. The molecule has 5 rings (SSSR count). The van der Waals surface area contributed by atoms with Gasteiger partial charge in [0.15, 0.2) is 4.32 Å². The highest BCUT2D eigenvalue weighted by molar-refractivity contribution is 8.27. The molecule has 3 aromatic rings. The van der Waals surface area contributed by atoms with Gasteiger partial charge in [0.1, 0.15) is 5.82 Å². The van der Waals surface area contributed by atoms with Gasteiger partial charge in [-0.3, -0.25) is 14.5 Å². The zero-order chi connectivity index (χ0) is 22.2. The van der Waals surface area contributed by atoms with Gasteiger partial charge in [0.25, 0.3) is 11.8 Å². The molecular formula is C25H17FN2O2S2. The van der Waals surface area contributed by atoms with Gasteiger partial charge in [0.2, 0.25) is 0 Å². The molecule has 32 heavy (non-hydrogen) atoms. The zero-order valence-electron chi connectivity index (χ0n) is 16.8. The van der Waals surface area contributed by atoms with Crippen LogP contribution >= 0.6 is 24.0 Å². The van der Waals surface area contributed by atoms with E-state index in [0.717, 1.165) is 28.6 Å². The Bertz CT molecular complexity index is 1270. The largest absolute Gasteiger partial charge is 0.307 e. The molecule has 2 aliphatic rings. The number of rotatable bonds is 4. The summed E-state index contributed by atoms with van der Waals surface area (Å²) in [6.45, 7) is 0.502. The van der Waals surface area contributed by atoms with Gasteiger partial charge in [-0.15, -0.1) is 0 Å². The van der Waals surface area contributed by atoms with Crippen molar-refractivity contribution in [2.24, 2.45) is 0 Å². The molecule has 2 heterocycles. The third-order valence-electron chi connectivity index (χ3n) is 5.47. The summed E-state index contributed by atoms with van der Waals surface area (Å²) in [7, 11) is 0. The monoisotopic (exact) mass is 460 g/mol. The molecule has 0 radical (unpaired) electrons. The smallest absolute Gasteiger partial charge is 0.271 e. The van der Waals surface area contributed by atoms with Gasteiger partial charge in [-0.1, -0.05) is 72.5 Å². The standard InChI is InChI=1S/C25H17FN2O2S2/c26-17-10-12-18(13-11-17)28-24(30)22(32-25(28)31)21-19-8-4-5-9-20(19)27(23(21)29)15-14-16-6-2-1-3-7-16/h1-13H,14-15H2. The van der Waals surface area contributed by atoms with Crippen molar-refractivity contribution >= 4 is 57.1 Å². The van der Waals surface area contributed by atoms with Gasteiger partial charge >= 0.3 is 0 Å². The molecule has 0 unspecified atom stereocenters. The van der Waals surface area contributed by atoms with Gasteiger partial charge in [-0.25, -0.2) is 4.39 Å². The highest BCUT2D eigenvalue weighted by atomic mass is 32.2. The molecule has 0 atom stereocenters. The molecule has 0 spiro atoms. The molecule has 0 aromatic heterocycles. The third-order valence-corrected chi connectivity index (χ3v) is 6.84. The molecule has 2 aliphatic heterocycles. The number of thiocarbonyl (C=S) groups is 1. The maximum absolute atomic E-state index is 13.5. The van der Waals surface area contributed by atoms with E-state index in [0.29, 0.717) is 33.5 Å². The van der Waals surface area contributed by atoms with Crippen LogP contribution in [-0.2, 0) is 16.0 Å². The van der Waals surface area contributed by atoms with Crippen molar-refractivity contribution in [3.63, 3.8) is 0 Å². The maximum atomic E-state index is 13.5. The lowest BCUT2D eigenvalue weighted by Crippen LogP contribution is -2.30. The van der Waals surface area contributed by atoms with Gasteiger partial charge in [-0.05, 0) is 42.3 Å². The van der Waals surface area contributed by atoms with Crippen molar-refractivity contribution in [2.75, 3.05) is 16.3 Å². The Morgan fingerprint density at radius 2 is 1.53 bits per heavy atom. The van der Waals surface area contributed by atoms with E-state index in [1.165, 1.54) is 29.2 Å². The number of carbonyl (C=O) groups excluding carboxylic acids is 2. The predicted molar refractivity (Wildman–Crippen MR) is 130 cm³/mol. The first-order valence-corrected chi connectivity index (χ1v) is 11.3. The van der Waals surface area contributed by atoms with Crippen LogP contribution < -0.4 is 9.80 Å². The minimum absolute atomic E-state index is 0.207. The van der Waals surface area contributed by atoms with Crippen LogP contribution in [0.3, 0.4) is 0 Å². The Balaban J connectivity index is 1.51. The van der Waals surface area contributed by atoms with Gasteiger partial charge < -0.3 is 4.90 Å². The average molecular weight is 461 g/mol. The van der Waals surface area contributed by atoms with E-state index in [-0.39, 0.29) is 11.8 Å². The lowest BCUT2D eigenvalue weighted by atomic mass is 10.1. The highest BCUT2D eigenvalue weighted by Crippen LogP contribution is 2.45. The maximum Gasteiger partial charge on any atom is 0.271 e. The van der Waals surface area contributed by atoms with Crippen molar-refractivity contribution in [1.82, 2.24) is 0 Å². The summed E-state index contributed by atoms with van der Waals surface area (Å²) >= 11 is 6.55. The van der Waals surface area contributed by atoms with E-state index in [2.05, 4.69) is 0 Å². The Labute approximate surface area is 194 Å². The summed E-state index contributed by atoms with van der Waals surface area (Å²) in [6, 6.07) is 23.0. The topological polar surface area (TPSA) is 40.6 Å². The van der Waals surface area contributed by atoms with Gasteiger partial charge in [-0.2, -0.15) is 0 Å².